The van der Waals surface area contributed by atoms with Crippen LogP contribution in [0.1, 0.15) is 18.4 Å². The Morgan fingerprint density at radius 2 is 1.88 bits per heavy atom. The number of benzene rings is 1. The average Bonchev–Trinajstić information content (AvgIpc) is 2.81. The lowest BCUT2D eigenvalue weighted by Gasteiger charge is -2.23. The fourth-order valence-corrected chi connectivity index (χ4v) is 2.40. The first-order valence-corrected chi connectivity index (χ1v) is 6.26. The second kappa shape index (κ2) is 5.52. The van der Waals surface area contributed by atoms with Crippen LogP contribution in [0, 0.1) is 0 Å². The van der Waals surface area contributed by atoms with E-state index < -0.39 is 12.0 Å². The molecule has 0 radical (unpaired) electrons. The van der Waals surface area contributed by atoms with Gasteiger partial charge in [0.05, 0.1) is 0 Å². The van der Waals surface area contributed by atoms with E-state index >= 15 is 0 Å². The number of likely N-dealkylation sites (tertiary alicyclic amines) is 1. The Morgan fingerprint density at radius 3 is 2.41 bits per heavy atom. The molecule has 17 heavy (non-hydrogen) atoms. The zero-order valence-corrected chi connectivity index (χ0v) is 10.4. The Hall–Kier alpha value is -1.06. The van der Waals surface area contributed by atoms with Gasteiger partial charge in [0.15, 0.2) is 0 Å². The molecule has 1 fully saturated rings. The van der Waals surface area contributed by atoms with Crippen molar-refractivity contribution in [3.05, 3.63) is 34.9 Å². The van der Waals surface area contributed by atoms with Crippen molar-refractivity contribution in [3.63, 3.8) is 0 Å². The zero-order chi connectivity index (χ0) is 12.3. The molecule has 0 bridgehead atoms. The van der Waals surface area contributed by atoms with Crippen molar-refractivity contribution in [2.24, 2.45) is 0 Å². The number of aliphatic carboxylic acids is 1. The molecule has 0 aliphatic carbocycles. The minimum atomic E-state index is -0.734. The van der Waals surface area contributed by atoms with Crippen LogP contribution in [-0.2, 0) is 11.2 Å². The van der Waals surface area contributed by atoms with Crippen molar-refractivity contribution >= 4 is 17.6 Å². The molecule has 1 aromatic rings. The highest BCUT2D eigenvalue weighted by atomic mass is 35.5. The SMILES string of the molecule is O=C(O)[C@@H](Cc1ccc(Cl)cc1)N1CCCC1. The van der Waals surface area contributed by atoms with Gasteiger partial charge >= 0.3 is 5.97 Å². The molecule has 0 spiro atoms. The van der Waals surface area contributed by atoms with Gasteiger partial charge in [-0.05, 0) is 50.0 Å². The Morgan fingerprint density at radius 1 is 1.29 bits per heavy atom. The zero-order valence-electron chi connectivity index (χ0n) is 9.60. The Labute approximate surface area is 106 Å². The molecule has 0 aromatic heterocycles. The van der Waals surface area contributed by atoms with Gasteiger partial charge in [-0.3, -0.25) is 9.69 Å². The second-order valence-corrected chi connectivity index (χ2v) is 4.86. The monoisotopic (exact) mass is 253 g/mol. The Balaban J connectivity index is 2.06. The predicted molar refractivity (Wildman–Crippen MR) is 67.4 cm³/mol. The van der Waals surface area contributed by atoms with Crippen LogP contribution in [-0.4, -0.2) is 35.1 Å². The van der Waals surface area contributed by atoms with Gasteiger partial charge in [0, 0.05) is 5.02 Å². The molecule has 3 nitrogen and oxygen atoms in total. The maximum atomic E-state index is 11.3. The molecule has 1 heterocycles. The summed E-state index contributed by atoms with van der Waals surface area (Å²) in [5.74, 6) is -0.734. The van der Waals surface area contributed by atoms with E-state index in [1.807, 2.05) is 12.1 Å². The summed E-state index contributed by atoms with van der Waals surface area (Å²) in [5, 5.41) is 9.96. The average molecular weight is 254 g/mol. The quantitative estimate of drug-likeness (QED) is 0.896. The molecule has 1 N–H and O–H groups in total. The van der Waals surface area contributed by atoms with E-state index in [9.17, 15) is 9.90 Å². The van der Waals surface area contributed by atoms with Gasteiger partial charge in [0.1, 0.15) is 6.04 Å². The number of carboxylic acid groups (broad SMARTS) is 1. The molecule has 0 unspecified atom stereocenters. The van der Waals surface area contributed by atoms with E-state index in [4.69, 9.17) is 11.6 Å². The topological polar surface area (TPSA) is 40.5 Å². The van der Waals surface area contributed by atoms with Crippen molar-refractivity contribution in [2.75, 3.05) is 13.1 Å². The first-order chi connectivity index (χ1) is 8.16. The molecule has 4 heteroatoms. The van der Waals surface area contributed by atoms with Crippen molar-refractivity contribution in [2.45, 2.75) is 25.3 Å². The Bertz CT molecular complexity index is 385. The number of nitrogens with zero attached hydrogens (tertiary/aromatic N) is 1. The molecule has 1 atom stereocenters. The van der Waals surface area contributed by atoms with E-state index in [1.165, 1.54) is 0 Å². The highest BCUT2D eigenvalue weighted by molar-refractivity contribution is 6.30. The fourth-order valence-electron chi connectivity index (χ4n) is 2.27. The predicted octanol–water partition coefficient (Wildman–Crippen LogP) is 2.43. The van der Waals surface area contributed by atoms with Gasteiger partial charge in [-0.25, -0.2) is 0 Å². The van der Waals surface area contributed by atoms with Gasteiger partial charge in [0.2, 0.25) is 0 Å². The lowest BCUT2D eigenvalue weighted by Crippen LogP contribution is -2.40. The number of hydrogen-bond donors (Lipinski definition) is 1. The summed E-state index contributed by atoms with van der Waals surface area (Å²) in [4.78, 5) is 13.3. The molecular weight excluding hydrogens is 238 g/mol. The normalized spacial score (nSPS) is 18.2. The summed E-state index contributed by atoms with van der Waals surface area (Å²) >= 11 is 5.81. The Kier molecular flexibility index (Phi) is 4.02. The summed E-state index contributed by atoms with van der Waals surface area (Å²) in [7, 11) is 0. The number of hydrogen-bond acceptors (Lipinski definition) is 2. The van der Waals surface area contributed by atoms with E-state index in [0.29, 0.717) is 11.4 Å². The van der Waals surface area contributed by atoms with Crippen molar-refractivity contribution in [1.29, 1.82) is 0 Å². The minimum Gasteiger partial charge on any atom is -0.480 e. The van der Waals surface area contributed by atoms with Crippen LogP contribution in [0.25, 0.3) is 0 Å². The molecule has 1 aromatic carbocycles. The summed E-state index contributed by atoms with van der Waals surface area (Å²) in [6.45, 7) is 1.79. The molecule has 2 rings (SSSR count). The molecule has 1 saturated heterocycles. The van der Waals surface area contributed by atoms with E-state index in [-0.39, 0.29) is 0 Å². The van der Waals surface area contributed by atoms with Crippen molar-refractivity contribution in [3.8, 4) is 0 Å². The molecule has 1 aliphatic heterocycles. The van der Waals surface area contributed by atoms with Crippen molar-refractivity contribution in [1.82, 2.24) is 4.90 Å². The highest BCUT2D eigenvalue weighted by Crippen LogP contribution is 2.17. The van der Waals surface area contributed by atoms with Gasteiger partial charge in [-0.1, -0.05) is 23.7 Å². The summed E-state index contributed by atoms with van der Waals surface area (Å²) in [5.41, 5.74) is 1.02. The van der Waals surface area contributed by atoms with E-state index in [0.717, 1.165) is 31.5 Å². The van der Waals surface area contributed by atoms with Crippen LogP contribution in [0.5, 0.6) is 0 Å². The highest BCUT2D eigenvalue weighted by Gasteiger charge is 2.27. The smallest absolute Gasteiger partial charge is 0.321 e. The van der Waals surface area contributed by atoms with Crippen molar-refractivity contribution < 1.29 is 9.90 Å². The van der Waals surface area contributed by atoms with Crippen LogP contribution < -0.4 is 0 Å². The third-order valence-electron chi connectivity index (χ3n) is 3.21. The standard InChI is InChI=1S/C13H16ClNO2/c14-11-5-3-10(4-6-11)9-12(13(16)17)15-7-1-2-8-15/h3-6,12H,1-2,7-9H2,(H,16,17)/t12-/m1/s1. The summed E-state index contributed by atoms with van der Waals surface area (Å²) < 4.78 is 0. The maximum absolute atomic E-state index is 11.3. The molecule has 0 amide bonds. The molecule has 0 saturated carbocycles. The van der Waals surface area contributed by atoms with Gasteiger partial charge in [0.25, 0.3) is 0 Å². The van der Waals surface area contributed by atoms with Crippen LogP contribution in [0.3, 0.4) is 0 Å². The first-order valence-electron chi connectivity index (χ1n) is 5.88. The van der Waals surface area contributed by atoms with Crippen LogP contribution in [0.2, 0.25) is 5.02 Å². The van der Waals surface area contributed by atoms with Gasteiger partial charge in [-0.2, -0.15) is 0 Å². The van der Waals surface area contributed by atoms with Crippen LogP contribution in [0.15, 0.2) is 24.3 Å². The summed E-state index contributed by atoms with van der Waals surface area (Å²) in [6, 6.07) is 7.00. The first kappa shape index (κ1) is 12.4. The molecule has 1 aliphatic rings. The van der Waals surface area contributed by atoms with Crippen LogP contribution in [0.4, 0.5) is 0 Å². The maximum Gasteiger partial charge on any atom is 0.321 e. The fraction of sp³-hybridized carbons (Fsp3) is 0.462. The minimum absolute atomic E-state index is 0.404. The lowest BCUT2D eigenvalue weighted by molar-refractivity contribution is -0.142. The summed E-state index contributed by atoms with van der Waals surface area (Å²) in [6.07, 6.45) is 2.75. The van der Waals surface area contributed by atoms with Gasteiger partial charge in [-0.15, -0.1) is 0 Å². The van der Waals surface area contributed by atoms with Gasteiger partial charge < -0.3 is 5.11 Å². The van der Waals surface area contributed by atoms with Crippen LogP contribution >= 0.6 is 11.6 Å². The lowest BCUT2D eigenvalue weighted by atomic mass is 10.1. The molecule has 92 valence electrons. The second-order valence-electron chi connectivity index (χ2n) is 4.43. The number of carboxylic acids is 1. The van der Waals surface area contributed by atoms with E-state index in [1.54, 1.807) is 12.1 Å². The third-order valence-corrected chi connectivity index (χ3v) is 3.46. The van der Waals surface area contributed by atoms with E-state index in [2.05, 4.69) is 4.90 Å². The molecular formula is C13H16ClNO2. The number of rotatable bonds is 4. The largest absolute Gasteiger partial charge is 0.480 e. The number of carbonyl (C=O) groups is 1. The third kappa shape index (κ3) is 3.20. The number of halogens is 1.